The fourth-order valence-corrected chi connectivity index (χ4v) is 4.75. The second-order valence-corrected chi connectivity index (χ2v) is 9.90. The molecule has 0 spiro atoms. The van der Waals surface area contributed by atoms with E-state index in [1.165, 1.54) is 7.11 Å². The first kappa shape index (κ1) is 25.3. The Bertz CT molecular complexity index is 1300. The van der Waals surface area contributed by atoms with Gasteiger partial charge in [-0.3, -0.25) is 9.59 Å². The van der Waals surface area contributed by atoms with E-state index in [1.54, 1.807) is 48.5 Å². The molecule has 1 aliphatic heterocycles. The summed E-state index contributed by atoms with van der Waals surface area (Å²) in [6.45, 7) is 3.63. The number of para-hydroxylation sites is 1. The van der Waals surface area contributed by atoms with E-state index in [0.717, 1.165) is 0 Å². The number of esters is 1. The fourth-order valence-electron chi connectivity index (χ4n) is 4.56. The number of ketones is 1. The molecule has 36 heavy (non-hydrogen) atoms. The van der Waals surface area contributed by atoms with Gasteiger partial charge < -0.3 is 25.3 Å². The Hall–Kier alpha value is -3.78. The number of amides is 1. The standard InChI is InChI=1S/C27H27ClN2O6/c1-27(2)12-18(31)23-20(13-27)36-25(29)24(26(33)34-3)22(23)17-9-4-5-10-19(17)35-14-21(32)30-16-8-6-7-15(28)11-16/h4-11,22H,12-14,29H2,1-3H3,(H,30,32). The molecule has 1 aliphatic carbocycles. The van der Waals surface area contributed by atoms with Gasteiger partial charge in [0.1, 0.15) is 17.1 Å². The Morgan fingerprint density at radius 1 is 1.17 bits per heavy atom. The van der Waals surface area contributed by atoms with Gasteiger partial charge in [-0.05, 0) is 29.7 Å². The number of rotatable bonds is 6. The van der Waals surface area contributed by atoms with Crippen molar-refractivity contribution >= 4 is 34.9 Å². The number of carbonyl (C=O) groups excluding carboxylic acids is 3. The fraction of sp³-hybridized carbons (Fsp3) is 0.296. The summed E-state index contributed by atoms with van der Waals surface area (Å²) in [6.07, 6.45) is 0.760. The zero-order valence-corrected chi connectivity index (χ0v) is 21.0. The van der Waals surface area contributed by atoms with Gasteiger partial charge in [0.15, 0.2) is 12.4 Å². The van der Waals surface area contributed by atoms with Crippen molar-refractivity contribution in [2.75, 3.05) is 19.0 Å². The minimum absolute atomic E-state index is 0.0173. The van der Waals surface area contributed by atoms with Crippen molar-refractivity contribution in [1.29, 1.82) is 0 Å². The summed E-state index contributed by atoms with van der Waals surface area (Å²) in [5, 5.41) is 3.21. The molecule has 0 fully saturated rings. The van der Waals surface area contributed by atoms with Gasteiger partial charge in [-0.2, -0.15) is 0 Å². The maximum absolute atomic E-state index is 13.3. The van der Waals surface area contributed by atoms with Crippen molar-refractivity contribution in [2.24, 2.45) is 11.1 Å². The SMILES string of the molecule is COC(=O)C1=C(N)OC2=C(C(=O)CC(C)(C)C2)C1c1ccccc1OCC(=O)Nc1cccc(Cl)c1. The zero-order valence-electron chi connectivity index (χ0n) is 20.2. The topological polar surface area (TPSA) is 117 Å². The molecule has 1 heterocycles. The number of nitrogens with one attached hydrogen (secondary N) is 1. The van der Waals surface area contributed by atoms with E-state index in [-0.39, 0.29) is 35.7 Å². The molecule has 4 rings (SSSR count). The summed E-state index contributed by atoms with van der Waals surface area (Å²) in [5.74, 6) is -1.49. The predicted molar refractivity (Wildman–Crippen MR) is 134 cm³/mol. The lowest BCUT2D eigenvalue weighted by Gasteiger charge is -2.38. The Balaban J connectivity index is 1.68. The molecular formula is C27H27ClN2O6. The third kappa shape index (κ3) is 5.23. The van der Waals surface area contributed by atoms with Crippen LogP contribution in [0, 0.1) is 5.41 Å². The number of allylic oxidation sites excluding steroid dienone is 2. The first-order valence-electron chi connectivity index (χ1n) is 11.4. The molecule has 188 valence electrons. The minimum Gasteiger partial charge on any atom is -0.483 e. The highest BCUT2D eigenvalue weighted by molar-refractivity contribution is 6.30. The summed E-state index contributed by atoms with van der Waals surface area (Å²) in [7, 11) is 1.23. The molecule has 0 aromatic heterocycles. The molecule has 0 saturated carbocycles. The number of anilines is 1. The molecule has 1 atom stereocenters. The van der Waals surface area contributed by atoms with Crippen molar-refractivity contribution in [2.45, 2.75) is 32.6 Å². The van der Waals surface area contributed by atoms with E-state index in [2.05, 4.69) is 5.32 Å². The van der Waals surface area contributed by atoms with Gasteiger partial charge in [0.25, 0.3) is 5.91 Å². The molecule has 0 radical (unpaired) electrons. The van der Waals surface area contributed by atoms with E-state index < -0.39 is 17.8 Å². The van der Waals surface area contributed by atoms with Gasteiger partial charge in [0.05, 0.1) is 13.0 Å². The monoisotopic (exact) mass is 510 g/mol. The van der Waals surface area contributed by atoms with Gasteiger partial charge >= 0.3 is 5.97 Å². The van der Waals surface area contributed by atoms with Crippen molar-refractivity contribution in [3.63, 3.8) is 0 Å². The maximum Gasteiger partial charge on any atom is 0.340 e. The predicted octanol–water partition coefficient (Wildman–Crippen LogP) is 4.46. The van der Waals surface area contributed by atoms with Crippen LogP contribution in [-0.4, -0.2) is 31.4 Å². The number of hydrogen-bond donors (Lipinski definition) is 2. The number of nitrogens with two attached hydrogens (primary N) is 1. The van der Waals surface area contributed by atoms with Crippen molar-refractivity contribution < 1.29 is 28.6 Å². The van der Waals surface area contributed by atoms with E-state index in [0.29, 0.717) is 39.8 Å². The van der Waals surface area contributed by atoms with Gasteiger partial charge in [0.2, 0.25) is 5.88 Å². The summed E-state index contributed by atoms with van der Waals surface area (Å²) in [4.78, 5) is 38.7. The summed E-state index contributed by atoms with van der Waals surface area (Å²) in [6, 6.07) is 13.6. The van der Waals surface area contributed by atoms with Crippen LogP contribution in [0.3, 0.4) is 0 Å². The molecule has 1 unspecified atom stereocenters. The molecule has 1 amide bonds. The third-order valence-electron chi connectivity index (χ3n) is 6.06. The summed E-state index contributed by atoms with van der Waals surface area (Å²) < 4.78 is 16.6. The van der Waals surface area contributed by atoms with Crippen LogP contribution in [0.4, 0.5) is 5.69 Å². The molecule has 0 bridgehead atoms. The maximum atomic E-state index is 13.3. The number of methoxy groups -OCH3 is 1. The van der Waals surface area contributed by atoms with Gasteiger partial charge in [-0.15, -0.1) is 0 Å². The van der Waals surface area contributed by atoms with Crippen LogP contribution in [-0.2, 0) is 23.9 Å². The van der Waals surface area contributed by atoms with Gasteiger partial charge in [0, 0.05) is 34.7 Å². The van der Waals surface area contributed by atoms with Crippen LogP contribution in [0.25, 0.3) is 0 Å². The smallest absolute Gasteiger partial charge is 0.340 e. The molecular weight excluding hydrogens is 484 g/mol. The zero-order chi connectivity index (χ0) is 26.0. The lowest BCUT2D eigenvalue weighted by Crippen LogP contribution is -2.35. The molecule has 8 nitrogen and oxygen atoms in total. The molecule has 2 aromatic rings. The Kier molecular flexibility index (Phi) is 7.08. The van der Waals surface area contributed by atoms with Crippen LogP contribution in [0.2, 0.25) is 5.02 Å². The first-order chi connectivity index (χ1) is 17.1. The average Bonchev–Trinajstić information content (AvgIpc) is 2.81. The Labute approximate surface area is 214 Å². The number of carbonyl (C=O) groups is 3. The second kappa shape index (κ2) is 10.1. The average molecular weight is 511 g/mol. The highest BCUT2D eigenvalue weighted by Crippen LogP contribution is 2.49. The number of halogens is 1. The van der Waals surface area contributed by atoms with Crippen molar-refractivity contribution in [3.8, 4) is 5.75 Å². The van der Waals surface area contributed by atoms with Crippen LogP contribution < -0.4 is 15.8 Å². The van der Waals surface area contributed by atoms with Gasteiger partial charge in [-0.25, -0.2) is 4.79 Å². The summed E-state index contributed by atoms with van der Waals surface area (Å²) in [5.41, 5.74) is 7.27. The highest BCUT2D eigenvalue weighted by atomic mass is 35.5. The van der Waals surface area contributed by atoms with Crippen LogP contribution >= 0.6 is 11.6 Å². The molecule has 0 saturated heterocycles. The Morgan fingerprint density at radius 2 is 1.92 bits per heavy atom. The number of benzene rings is 2. The third-order valence-corrected chi connectivity index (χ3v) is 6.29. The normalized spacial score (nSPS) is 18.8. The van der Waals surface area contributed by atoms with Crippen LogP contribution in [0.1, 0.15) is 38.2 Å². The van der Waals surface area contributed by atoms with E-state index >= 15 is 0 Å². The van der Waals surface area contributed by atoms with E-state index in [9.17, 15) is 14.4 Å². The Morgan fingerprint density at radius 3 is 2.64 bits per heavy atom. The van der Waals surface area contributed by atoms with Crippen molar-refractivity contribution in [1.82, 2.24) is 0 Å². The van der Waals surface area contributed by atoms with Crippen LogP contribution in [0.15, 0.2) is 71.3 Å². The lowest BCUT2D eigenvalue weighted by molar-refractivity contribution is -0.136. The lowest BCUT2D eigenvalue weighted by atomic mass is 9.70. The molecule has 2 aliphatic rings. The summed E-state index contributed by atoms with van der Waals surface area (Å²) >= 11 is 5.98. The molecule has 2 aromatic carbocycles. The van der Waals surface area contributed by atoms with Crippen molar-refractivity contribution in [3.05, 3.63) is 81.9 Å². The molecule has 3 N–H and O–H groups in total. The highest BCUT2D eigenvalue weighted by Gasteiger charge is 2.45. The quantitative estimate of drug-likeness (QED) is 0.551. The molecule has 9 heteroatoms. The van der Waals surface area contributed by atoms with E-state index in [1.807, 2.05) is 13.8 Å². The first-order valence-corrected chi connectivity index (χ1v) is 11.8. The number of ether oxygens (including phenoxy) is 3. The van der Waals surface area contributed by atoms with Gasteiger partial charge in [-0.1, -0.05) is 49.7 Å². The van der Waals surface area contributed by atoms with E-state index in [4.69, 9.17) is 31.5 Å². The minimum atomic E-state index is -0.864. The second-order valence-electron chi connectivity index (χ2n) is 9.47. The number of hydrogen-bond acceptors (Lipinski definition) is 7. The largest absolute Gasteiger partial charge is 0.483 e. The van der Waals surface area contributed by atoms with Crippen LogP contribution in [0.5, 0.6) is 5.75 Å². The number of Topliss-reactive ketones (excluding diaryl/α,β-unsaturated/α-hetero) is 1.